The number of aromatic carboxylic acids is 1. The molecule has 3 rings (SSSR count). The number of carbonyl (C=O) groups is 1. The molecule has 0 spiro atoms. The molecule has 0 atom stereocenters. The molecule has 5 heteroatoms. The number of benzene rings is 1. The molecule has 0 unspecified atom stereocenters. The third-order valence-electron chi connectivity index (χ3n) is 3.43. The van der Waals surface area contributed by atoms with Gasteiger partial charge in [-0.25, -0.2) is 4.79 Å². The maximum Gasteiger partial charge on any atom is 0.341 e. The summed E-state index contributed by atoms with van der Waals surface area (Å²) in [7, 11) is 0. The molecule has 1 N–H and O–H groups in total. The van der Waals surface area contributed by atoms with Gasteiger partial charge in [0.05, 0.1) is 5.52 Å². The standard InChI is InChI=1S/C14H12BrNO3/c15-9-3-4-10-12(5-9)16(6-8-1-2-8)7-11(13(10)17)14(18)19/h3-5,7-8H,1-2,6H2,(H,18,19). The van der Waals surface area contributed by atoms with E-state index in [2.05, 4.69) is 15.9 Å². The lowest BCUT2D eigenvalue weighted by atomic mass is 10.1. The Balaban J connectivity index is 2.30. The van der Waals surface area contributed by atoms with Crippen LogP contribution in [0.3, 0.4) is 0 Å². The first kappa shape index (κ1) is 12.4. The number of carboxylic acid groups (broad SMARTS) is 1. The van der Waals surface area contributed by atoms with Crippen LogP contribution < -0.4 is 5.43 Å². The number of fused-ring (bicyclic) bond motifs is 1. The van der Waals surface area contributed by atoms with Crippen molar-refractivity contribution >= 4 is 32.8 Å². The summed E-state index contributed by atoms with van der Waals surface area (Å²) in [5.41, 5.74) is 0.216. The molecule has 98 valence electrons. The van der Waals surface area contributed by atoms with Crippen LogP contribution in [0.15, 0.2) is 33.7 Å². The van der Waals surface area contributed by atoms with Crippen molar-refractivity contribution in [1.82, 2.24) is 4.57 Å². The summed E-state index contributed by atoms with van der Waals surface area (Å²) in [6.45, 7) is 0.771. The minimum Gasteiger partial charge on any atom is -0.477 e. The Morgan fingerprint density at radius 3 is 2.79 bits per heavy atom. The van der Waals surface area contributed by atoms with Crippen LogP contribution in [0, 0.1) is 5.92 Å². The highest BCUT2D eigenvalue weighted by atomic mass is 79.9. The van der Waals surface area contributed by atoms with E-state index >= 15 is 0 Å². The van der Waals surface area contributed by atoms with Gasteiger partial charge in [-0.3, -0.25) is 4.79 Å². The molecule has 1 fully saturated rings. The molecule has 0 saturated heterocycles. The zero-order valence-electron chi connectivity index (χ0n) is 10.1. The molecule has 1 aromatic heterocycles. The van der Waals surface area contributed by atoms with Crippen molar-refractivity contribution in [3.63, 3.8) is 0 Å². The third kappa shape index (κ3) is 2.30. The monoisotopic (exact) mass is 321 g/mol. The van der Waals surface area contributed by atoms with E-state index in [9.17, 15) is 9.59 Å². The molecule has 1 saturated carbocycles. The minimum atomic E-state index is -1.17. The van der Waals surface area contributed by atoms with E-state index < -0.39 is 11.4 Å². The second-order valence-electron chi connectivity index (χ2n) is 4.93. The zero-order valence-corrected chi connectivity index (χ0v) is 11.7. The van der Waals surface area contributed by atoms with Gasteiger partial charge >= 0.3 is 5.97 Å². The first-order chi connectivity index (χ1) is 9.06. The number of aromatic nitrogens is 1. The van der Waals surface area contributed by atoms with Gasteiger partial charge in [0.2, 0.25) is 5.43 Å². The smallest absolute Gasteiger partial charge is 0.341 e. The van der Waals surface area contributed by atoms with E-state index in [-0.39, 0.29) is 5.56 Å². The Morgan fingerprint density at radius 1 is 1.42 bits per heavy atom. The van der Waals surface area contributed by atoms with Gasteiger partial charge in [0, 0.05) is 22.6 Å². The van der Waals surface area contributed by atoms with Crippen LogP contribution in [0.25, 0.3) is 10.9 Å². The fourth-order valence-electron chi connectivity index (χ4n) is 2.25. The molecule has 1 aromatic carbocycles. The summed E-state index contributed by atoms with van der Waals surface area (Å²) in [5, 5.41) is 9.59. The number of pyridine rings is 1. The van der Waals surface area contributed by atoms with Gasteiger partial charge in [0.15, 0.2) is 0 Å². The predicted octanol–water partition coefficient (Wildman–Crippen LogP) is 2.87. The van der Waals surface area contributed by atoms with Crippen LogP contribution in [0.5, 0.6) is 0 Å². The fraction of sp³-hybridized carbons (Fsp3) is 0.286. The number of halogens is 1. The van der Waals surface area contributed by atoms with Gasteiger partial charge in [-0.1, -0.05) is 15.9 Å². The molecule has 1 aliphatic rings. The first-order valence-corrected chi connectivity index (χ1v) is 6.91. The Labute approximate surface area is 117 Å². The summed E-state index contributed by atoms with van der Waals surface area (Å²) in [6, 6.07) is 5.30. The van der Waals surface area contributed by atoms with Crippen LogP contribution in [0.2, 0.25) is 0 Å². The molecular formula is C14H12BrNO3. The van der Waals surface area contributed by atoms with Crippen molar-refractivity contribution in [3.8, 4) is 0 Å². The molecule has 1 aliphatic carbocycles. The van der Waals surface area contributed by atoms with Crippen LogP contribution >= 0.6 is 15.9 Å². The minimum absolute atomic E-state index is 0.157. The number of hydrogen-bond donors (Lipinski definition) is 1. The maximum absolute atomic E-state index is 12.1. The van der Waals surface area contributed by atoms with Crippen molar-refractivity contribution in [2.45, 2.75) is 19.4 Å². The summed E-state index contributed by atoms with van der Waals surface area (Å²) in [6.07, 6.45) is 3.81. The highest BCUT2D eigenvalue weighted by molar-refractivity contribution is 9.10. The van der Waals surface area contributed by atoms with Crippen LogP contribution in [-0.4, -0.2) is 15.6 Å². The molecule has 4 nitrogen and oxygen atoms in total. The highest BCUT2D eigenvalue weighted by Crippen LogP contribution is 2.31. The summed E-state index contributed by atoms with van der Waals surface area (Å²) in [4.78, 5) is 23.3. The van der Waals surface area contributed by atoms with E-state index in [1.165, 1.54) is 19.0 Å². The van der Waals surface area contributed by atoms with Crippen LogP contribution in [-0.2, 0) is 6.54 Å². The lowest BCUT2D eigenvalue weighted by Gasteiger charge is -2.12. The Bertz CT molecular complexity index is 731. The molecule has 0 aliphatic heterocycles. The first-order valence-electron chi connectivity index (χ1n) is 6.12. The second kappa shape index (κ2) is 4.49. The average molecular weight is 322 g/mol. The predicted molar refractivity (Wildman–Crippen MR) is 75.6 cm³/mol. The van der Waals surface area contributed by atoms with E-state index in [1.807, 2.05) is 10.6 Å². The number of nitrogens with zero attached hydrogens (tertiary/aromatic N) is 1. The summed E-state index contributed by atoms with van der Waals surface area (Å²) < 4.78 is 2.77. The molecule has 19 heavy (non-hydrogen) atoms. The highest BCUT2D eigenvalue weighted by Gasteiger charge is 2.23. The van der Waals surface area contributed by atoms with Gasteiger partial charge in [-0.2, -0.15) is 0 Å². The van der Waals surface area contributed by atoms with Gasteiger partial charge in [0.25, 0.3) is 0 Å². The van der Waals surface area contributed by atoms with Crippen molar-refractivity contribution in [3.05, 3.63) is 44.7 Å². The van der Waals surface area contributed by atoms with E-state index in [1.54, 1.807) is 12.1 Å². The summed E-state index contributed by atoms with van der Waals surface area (Å²) in [5.74, 6) is -0.564. The van der Waals surface area contributed by atoms with E-state index in [0.717, 1.165) is 16.5 Å². The molecule has 0 bridgehead atoms. The van der Waals surface area contributed by atoms with Crippen molar-refractivity contribution in [2.24, 2.45) is 5.92 Å². The number of rotatable bonds is 3. The molecule has 0 amide bonds. The van der Waals surface area contributed by atoms with E-state index in [0.29, 0.717) is 11.3 Å². The fourth-order valence-corrected chi connectivity index (χ4v) is 2.59. The normalized spacial score (nSPS) is 14.8. The molecule has 1 heterocycles. The number of hydrogen-bond acceptors (Lipinski definition) is 2. The Morgan fingerprint density at radius 2 is 2.16 bits per heavy atom. The molecular weight excluding hydrogens is 310 g/mol. The zero-order chi connectivity index (χ0) is 13.6. The van der Waals surface area contributed by atoms with Gasteiger partial charge in [0.1, 0.15) is 5.56 Å². The Hall–Kier alpha value is -1.62. The molecule has 2 aromatic rings. The van der Waals surface area contributed by atoms with Gasteiger partial charge in [-0.05, 0) is 37.0 Å². The molecule has 0 radical (unpaired) electrons. The van der Waals surface area contributed by atoms with Gasteiger partial charge in [-0.15, -0.1) is 0 Å². The van der Waals surface area contributed by atoms with Crippen LogP contribution in [0.4, 0.5) is 0 Å². The largest absolute Gasteiger partial charge is 0.477 e. The lowest BCUT2D eigenvalue weighted by molar-refractivity contribution is 0.0695. The van der Waals surface area contributed by atoms with Crippen molar-refractivity contribution in [1.29, 1.82) is 0 Å². The summed E-state index contributed by atoms with van der Waals surface area (Å²) >= 11 is 3.39. The maximum atomic E-state index is 12.1. The average Bonchev–Trinajstić information content (AvgIpc) is 3.16. The quantitative estimate of drug-likeness (QED) is 0.945. The SMILES string of the molecule is O=C(O)c1cn(CC2CC2)c2cc(Br)ccc2c1=O. The van der Waals surface area contributed by atoms with Crippen LogP contribution in [0.1, 0.15) is 23.2 Å². The second-order valence-corrected chi connectivity index (χ2v) is 5.85. The van der Waals surface area contributed by atoms with Crippen molar-refractivity contribution in [2.75, 3.05) is 0 Å². The number of carboxylic acids is 1. The third-order valence-corrected chi connectivity index (χ3v) is 3.92. The van der Waals surface area contributed by atoms with Gasteiger partial charge < -0.3 is 9.67 Å². The van der Waals surface area contributed by atoms with E-state index in [4.69, 9.17) is 5.11 Å². The van der Waals surface area contributed by atoms with Crippen molar-refractivity contribution < 1.29 is 9.90 Å². The Kier molecular flexibility index (Phi) is 2.93. The topological polar surface area (TPSA) is 59.3 Å². The lowest BCUT2D eigenvalue weighted by Crippen LogP contribution is -2.19.